The highest BCUT2D eigenvalue weighted by atomic mass is 32.2. The lowest BCUT2D eigenvalue weighted by molar-refractivity contribution is 0.587. The number of benzene rings is 1. The van der Waals surface area contributed by atoms with Crippen molar-refractivity contribution in [1.82, 2.24) is 0 Å². The molecule has 0 fully saturated rings. The summed E-state index contributed by atoms with van der Waals surface area (Å²) in [5.41, 5.74) is 0.914. The summed E-state index contributed by atoms with van der Waals surface area (Å²) >= 11 is 4.09. The van der Waals surface area contributed by atoms with Crippen molar-refractivity contribution in [2.24, 2.45) is 0 Å². The first kappa shape index (κ1) is 13.4. The van der Waals surface area contributed by atoms with Crippen LogP contribution in [0.15, 0.2) is 29.2 Å². The molecule has 1 rings (SSSR count). The minimum absolute atomic E-state index is 0.374. The fourth-order valence-electron chi connectivity index (χ4n) is 1.23. The molecule has 0 aromatic heterocycles. The van der Waals surface area contributed by atoms with Crippen molar-refractivity contribution in [3.63, 3.8) is 0 Å². The van der Waals surface area contributed by atoms with Gasteiger partial charge in [-0.1, -0.05) is 0 Å². The number of nitrogens with one attached hydrogen (secondary N) is 1. The summed E-state index contributed by atoms with van der Waals surface area (Å²) in [4.78, 5) is 0.374. The minimum atomic E-state index is -3.16. The normalized spacial score (nSPS) is 11.8. The molecule has 0 atom stereocenters. The van der Waals surface area contributed by atoms with Crippen molar-refractivity contribution < 1.29 is 8.42 Å². The van der Waals surface area contributed by atoms with E-state index in [0.29, 0.717) is 4.90 Å². The number of sulfone groups is 1. The second-order valence-corrected chi connectivity index (χ2v) is 6.72. The van der Waals surface area contributed by atoms with Crippen LogP contribution in [0, 0.1) is 0 Å². The molecule has 0 saturated heterocycles. The van der Waals surface area contributed by atoms with Gasteiger partial charge < -0.3 is 5.32 Å². The number of rotatable bonds is 5. The smallest absolute Gasteiger partial charge is 0.180 e. The first-order chi connectivity index (χ1) is 7.48. The molecule has 0 radical (unpaired) electrons. The van der Waals surface area contributed by atoms with E-state index in [9.17, 15) is 8.42 Å². The topological polar surface area (TPSA) is 46.2 Å². The van der Waals surface area contributed by atoms with Gasteiger partial charge in [0.05, 0.1) is 10.1 Å². The molecule has 3 nitrogen and oxygen atoms in total. The maximum absolute atomic E-state index is 11.8. The molecule has 90 valence electrons. The van der Waals surface area contributed by atoms with Gasteiger partial charge in [0.2, 0.25) is 0 Å². The summed E-state index contributed by atoms with van der Waals surface area (Å²) in [7, 11) is -3.16. The van der Waals surface area contributed by atoms with Gasteiger partial charge in [0.25, 0.3) is 0 Å². The van der Waals surface area contributed by atoms with E-state index in [-0.39, 0.29) is 5.25 Å². The summed E-state index contributed by atoms with van der Waals surface area (Å²) < 4.78 is 23.6. The molecule has 0 spiro atoms. The Balaban J connectivity index is 2.87. The molecule has 1 aromatic rings. The molecular formula is C11H17NO2S2. The molecule has 1 N–H and O–H groups in total. The Morgan fingerprint density at radius 2 is 1.81 bits per heavy atom. The van der Waals surface area contributed by atoms with Gasteiger partial charge in [-0.25, -0.2) is 8.42 Å². The lowest BCUT2D eigenvalue weighted by atomic mass is 10.3. The number of hydrogen-bond donors (Lipinski definition) is 2. The fraction of sp³-hybridized carbons (Fsp3) is 0.455. The van der Waals surface area contributed by atoms with Crippen molar-refractivity contribution in [3.05, 3.63) is 24.3 Å². The Hall–Kier alpha value is -0.680. The van der Waals surface area contributed by atoms with Crippen LogP contribution in [0.25, 0.3) is 0 Å². The largest absolute Gasteiger partial charge is 0.384 e. The van der Waals surface area contributed by atoms with E-state index in [1.165, 1.54) is 0 Å². The van der Waals surface area contributed by atoms with Gasteiger partial charge in [-0.2, -0.15) is 12.6 Å². The third-order valence-electron chi connectivity index (χ3n) is 2.24. The van der Waals surface area contributed by atoms with Crippen LogP contribution in [-0.4, -0.2) is 26.0 Å². The minimum Gasteiger partial charge on any atom is -0.384 e. The van der Waals surface area contributed by atoms with E-state index >= 15 is 0 Å². The quantitative estimate of drug-likeness (QED) is 0.797. The summed E-state index contributed by atoms with van der Waals surface area (Å²) in [6.07, 6.45) is 0. The van der Waals surface area contributed by atoms with Crippen molar-refractivity contribution in [3.8, 4) is 0 Å². The zero-order valence-electron chi connectivity index (χ0n) is 9.47. The predicted octanol–water partition coefficient (Wildman–Crippen LogP) is 2.21. The zero-order chi connectivity index (χ0) is 12.2. The highest BCUT2D eigenvalue weighted by Gasteiger charge is 2.18. The van der Waals surface area contributed by atoms with Crippen LogP contribution in [0.1, 0.15) is 13.8 Å². The van der Waals surface area contributed by atoms with Crippen molar-refractivity contribution in [2.75, 3.05) is 17.6 Å². The van der Waals surface area contributed by atoms with Crippen LogP contribution in [0.2, 0.25) is 0 Å². The summed E-state index contributed by atoms with van der Waals surface area (Å²) in [6.45, 7) is 4.13. The molecule has 0 saturated carbocycles. The molecular weight excluding hydrogens is 242 g/mol. The number of anilines is 1. The average molecular weight is 259 g/mol. The van der Waals surface area contributed by atoms with Gasteiger partial charge in [-0.05, 0) is 38.1 Å². The third-order valence-corrected chi connectivity index (χ3v) is 4.64. The van der Waals surface area contributed by atoms with Crippen molar-refractivity contribution >= 4 is 28.2 Å². The van der Waals surface area contributed by atoms with Gasteiger partial charge in [-0.15, -0.1) is 0 Å². The van der Waals surface area contributed by atoms with Gasteiger partial charge in [0, 0.05) is 18.0 Å². The van der Waals surface area contributed by atoms with E-state index < -0.39 is 9.84 Å². The lowest BCUT2D eigenvalue weighted by Gasteiger charge is -2.09. The maximum Gasteiger partial charge on any atom is 0.180 e. The van der Waals surface area contributed by atoms with E-state index in [1.54, 1.807) is 38.1 Å². The second kappa shape index (κ2) is 5.59. The van der Waals surface area contributed by atoms with Gasteiger partial charge in [-0.3, -0.25) is 0 Å². The van der Waals surface area contributed by atoms with Crippen LogP contribution in [0.5, 0.6) is 0 Å². The Morgan fingerprint density at radius 3 is 2.25 bits per heavy atom. The number of hydrogen-bond acceptors (Lipinski definition) is 4. The molecule has 1 aromatic carbocycles. The molecule has 0 bridgehead atoms. The van der Waals surface area contributed by atoms with E-state index in [4.69, 9.17) is 0 Å². The lowest BCUT2D eigenvalue weighted by Crippen LogP contribution is -2.14. The van der Waals surface area contributed by atoms with E-state index in [0.717, 1.165) is 18.0 Å². The van der Waals surface area contributed by atoms with Crippen molar-refractivity contribution in [1.29, 1.82) is 0 Å². The maximum atomic E-state index is 11.8. The monoisotopic (exact) mass is 259 g/mol. The van der Waals surface area contributed by atoms with Gasteiger partial charge in [0.1, 0.15) is 0 Å². The Morgan fingerprint density at radius 1 is 1.25 bits per heavy atom. The van der Waals surface area contributed by atoms with Gasteiger partial charge >= 0.3 is 0 Å². The van der Waals surface area contributed by atoms with Crippen LogP contribution in [-0.2, 0) is 9.84 Å². The van der Waals surface area contributed by atoms with E-state index in [2.05, 4.69) is 17.9 Å². The fourth-order valence-corrected chi connectivity index (χ4v) is 2.41. The standard InChI is InChI=1S/C11H17NO2S2/c1-9(2)16(13,14)11-5-3-10(4-6-11)12-7-8-15/h3-6,9,12,15H,7-8H2,1-2H3. The SMILES string of the molecule is CC(C)S(=O)(=O)c1ccc(NCCS)cc1. The third kappa shape index (κ3) is 3.15. The molecule has 0 aliphatic carbocycles. The highest BCUT2D eigenvalue weighted by Crippen LogP contribution is 2.18. The molecule has 16 heavy (non-hydrogen) atoms. The molecule has 5 heteroatoms. The Kier molecular flexibility index (Phi) is 4.68. The highest BCUT2D eigenvalue weighted by molar-refractivity contribution is 7.92. The van der Waals surface area contributed by atoms with Gasteiger partial charge in [0.15, 0.2) is 9.84 Å². The average Bonchev–Trinajstić information content (AvgIpc) is 2.26. The Bertz CT molecular complexity index is 424. The first-order valence-electron chi connectivity index (χ1n) is 5.17. The summed E-state index contributed by atoms with van der Waals surface area (Å²) in [5.74, 6) is 0.742. The molecule has 0 amide bonds. The molecule has 0 aliphatic heterocycles. The Labute approximate surface area is 103 Å². The predicted molar refractivity (Wildman–Crippen MR) is 71.1 cm³/mol. The summed E-state index contributed by atoms with van der Waals surface area (Å²) in [6, 6.07) is 6.82. The van der Waals surface area contributed by atoms with Crippen molar-refractivity contribution in [2.45, 2.75) is 24.0 Å². The van der Waals surface area contributed by atoms with E-state index in [1.807, 2.05) is 0 Å². The summed E-state index contributed by atoms with van der Waals surface area (Å²) in [5, 5.41) is 2.75. The van der Waals surface area contributed by atoms with Crippen LogP contribution in [0.4, 0.5) is 5.69 Å². The first-order valence-corrected chi connectivity index (χ1v) is 7.35. The van der Waals surface area contributed by atoms with Crippen LogP contribution >= 0.6 is 12.6 Å². The second-order valence-electron chi connectivity index (χ2n) is 3.77. The van der Waals surface area contributed by atoms with Crippen LogP contribution < -0.4 is 5.32 Å². The molecule has 0 heterocycles. The van der Waals surface area contributed by atoms with Crippen LogP contribution in [0.3, 0.4) is 0 Å². The number of thiol groups is 1. The molecule has 0 unspecified atom stereocenters. The zero-order valence-corrected chi connectivity index (χ0v) is 11.2. The molecule has 0 aliphatic rings.